The van der Waals surface area contributed by atoms with Gasteiger partial charge in [-0.15, -0.1) is 0 Å². The molecule has 0 radical (unpaired) electrons. The predicted octanol–water partition coefficient (Wildman–Crippen LogP) is 0.442. The fourth-order valence-electron chi connectivity index (χ4n) is 1.16. The first-order valence-electron chi connectivity index (χ1n) is 5.36. The maximum Gasteiger partial charge on any atom is 0.0512 e. The molecular formula is C12H18N4. The topological polar surface area (TPSA) is 76.8 Å². The zero-order valence-electron chi connectivity index (χ0n) is 9.34. The van der Waals surface area contributed by atoms with Crippen LogP contribution in [0.15, 0.2) is 34.3 Å². The largest absolute Gasteiger partial charge is 0.329 e. The Hall–Kier alpha value is -1.52. The van der Waals surface area contributed by atoms with Gasteiger partial charge in [-0.1, -0.05) is 24.3 Å². The Morgan fingerprint density at radius 2 is 1.19 bits per heavy atom. The molecule has 0 amide bonds. The lowest BCUT2D eigenvalue weighted by Crippen LogP contribution is -2.02. The first-order valence-corrected chi connectivity index (χ1v) is 5.36. The van der Waals surface area contributed by atoms with Gasteiger partial charge >= 0.3 is 0 Å². The Morgan fingerprint density at radius 3 is 1.50 bits per heavy atom. The summed E-state index contributed by atoms with van der Waals surface area (Å²) in [5.41, 5.74) is 12.8. The number of nitrogens with zero attached hydrogens (tertiary/aromatic N) is 2. The normalized spacial score (nSPS) is 11.6. The smallest absolute Gasteiger partial charge is 0.0512 e. The molecule has 0 fully saturated rings. The molecule has 0 aromatic heterocycles. The van der Waals surface area contributed by atoms with Crippen molar-refractivity contribution in [1.82, 2.24) is 0 Å². The highest BCUT2D eigenvalue weighted by Crippen LogP contribution is 2.00. The lowest BCUT2D eigenvalue weighted by molar-refractivity contribution is 0.980. The third-order valence-corrected chi connectivity index (χ3v) is 1.93. The van der Waals surface area contributed by atoms with E-state index in [1.165, 1.54) is 0 Å². The minimum absolute atomic E-state index is 0.584. The molecular weight excluding hydrogens is 200 g/mol. The van der Waals surface area contributed by atoms with Crippen LogP contribution in [0.5, 0.6) is 0 Å². The summed E-state index contributed by atoms with van der Waals surface area (Å²) < 4.78 is 0. The van der Waals surface area contributed by atoms with Crippen molar-refractivity contribution in [1.29, 1.82) is 0 Å². The van der Waals surface area contributed by atoms with Gasteiger partial charge in [0.25, 0.3) is 0 Å². The summed E-state index contributed by atoms with van der Waals surface area (Å²) in [7, 11) is 0. The van der Waals surface area contributed by atoms with Gasteiger partial charge in [0.2, 0.25) is 0 Å². The standard InChI is InChI=1S/C12H18N4/c13-5-7-15-9-11-1-2-12(4-3-11)10-16-8-6-14/h1-4,9-10H,5-8,13-14H2/b15-9+,16-10+. The van der Waals surface area contributed by atoms with E-state index in [0.717, 1.165) is 11.1 Å². The molecule has 0 saturated carbocycles. The van der Waals surface area contributed by atoms with Crippen LogP contribution in [0.3, 0.4) is 0 Å². The highest BCUT2D eigenvalue weighted by atomic mass is 14.7. The van der Waals surface area contributed by atoms with Gasteiger partial charge in [-0.25, -0.2) is 0 Å². The Bertz CT molecular complexity index is 306. The molecule has 1 aromatic rings. The van der Waals surface area contributed by atoms with E-state index in [4.69, 9.17) is 11.5 Å². The van der Waals surface area contributed by atoms with Crippen LogP contribution in [0, 0.1) is 0 Å². The predicted molar refractivity (Wildman–Crippen MR) is 69.5 cm³/mol. The van der Waals surface area contributed by atoms with Gasteiger partial charge in [0, 0.05) is 25.5 Å². The van der Waals surface area contributed by atoms with Crippen LogP contribution in [0.2, 0.25) is 0 Å². The van der Waals surface area contributed by atoms with E-state index in [1.54, 1.807) is 0 Å². The minimum Gasteiger partial charge on any atom is -0.329 e. The van der Waals surface area contributed by atoms with Crippen LogP contribution in [0.25, 0.3) is 0 Å². The molecule has 0 bridgehead atoms. The van der Waals surface area contributed by atoms with Crippen LogP contribution in [0.1, 0.15) is 11.1 Å². The van der Waals surface area contributed by atoms with Crippen molar-refractivity contribution in [2.45, 2.75) is 0 Å². The van der Waals surface area contributed by atoms with E-state index in [2.05, 4.69) is 9.98 Å². The van der Waals surface area contributed by atoms with E-state index < -0.39 is 0 Å². The fraction of sp³-hybridized carbons (Fsp3) is 0.333. The highest BCUT2D eigenvalue weighted by molar-refractivity contribution is 5.84. The monoisotopic (exact) mass is 218 g/mol. The molecule has 4 N–H and O–H groups in total. The second-order valence-electron chi connectivity index (χ2n) is 3.31. The van der Waals surface area contributed by atoms with Gasteiger partial charge in [0.1, 0.15) is 0 Å². The van der Waals surface area contributed by atoms with Crippen molar-refractivity contribution in [2.24, 2.45) is 21.5 Å². The molecule has 0 heterocycles. The third kappa shape index (κ3) is 4.82. The number of hydrogen-bond acceptors (Lipinski definition) is 4. The van der Waals surface area contributed by atoms with Crippen molar-refractivity contribution in [3.8, 4) is 0 Å². The van der Waals surface area contributed by atoms with Gasteiger partial charge in [0.05, 0.1) is 13.1 Å². The quantitative estimate of drug-likeness (QED) is 0.680. The third-order valence-electron chi connectivity index (χ3n) is 1.93. The van der Waals surface area contributed by atoms with Crippen LogP contribution in [0.4, 0.5) is 0 Å². The Kier molecular flexibility index (Phi) is 6.06. The number of nitrogens with two attached hydrogens (primary N) is 2. The molecule has 0 aliphatic carbocycles. The highest BCUT2D eigenvalue weighted by Gasteiger charge is 1.89. The van der Waals surface area contributed by atoms with Crippen LogP contribution < -0.4 is 11.5 Å². The summed E-state index contributed by atoms with van der Waals surface area (Å²) in [6, 6.07) is 8.02. The molecule has 4 heteroatoms. The van der Waals surface area contributed by atoms with E-state index in [1.807, 2.05) is 36.7 Å². The molecule has 0 aliphatic heterocycles. The van der Waals surface area contributed by atoms with Crippen molar-refractivity contribution in [2.75, 3.05) is 26.2 Å². The first kappa shape index (κ1) is 12.5. The molecule has 1 aromatic carbocycles. The first-order chi connectivity index (χ1) is 7.86. The van der Waals surface area contributed by atoms with Crippen molar-refractivity contribution >= 4 is 12.4 Å². The van der Waals surface area contributed by atoms with Gasteiger partial charge in [-0.2, -0.15) is 0 Å². The lowest BCUT2D eigenvalue weighted by Gasteiger charge is -1.95. The molecule has 0 unspecified atom stereocenters. The molecule has 0 saturated heterocycles. The number of hydrogen-bond donors (Lipinski definition) is 2. The van der Waals surface area contributed by atoms with E-state index in [9.17, 15) is 0 Å². The van der Waals surface area contributed by atoms with Crippen molar-refractivity contribution in [3.05, 3.63) is 35.4 Å². The van der Waals surface area contributed by atoms with Crippen LogP contribution in [-0.4, -0.2) is 38.6 Å². The Labute approximate surface area is 96.1 Å². The van der Waals surface area contributed by atoms with Crippen molar-refractivity contribution < 1.29 is 0 Å². The maximum atomic E-state index is 5.34. The summed E-state index contributed by atoms with van der Waals surface area (Å²) in [5, 5.41) is 0. The molecule has 4 nitrogen and oxygen atoms in total. The van der Waals surface area contributed by atoms with Gasteiger partial charge in [-0.3, -0.25) is 9.98 Å². The zero-order valence-corrected chi connectivity index (χ0v) is 9.34. The SMILES string of the molecule is NCC/N=C/c1ccc(/C=N/CCN)cc1. The number of benzene rings is 1. The average Bonchev–Trinajstić information content (AvgIpc) is 2.32. The Balaban J connectivity index is 2.54. The fourth-order valence-corrected chi connectivity index (χ4v) is 1.16. The van der Waals surface area contributed by atoms with Gasteiger partial charge in [0.15, 0.2) is 0 Å². The average molecular weight is 218 g/mol. The summed E-state index contributed by atoms with van der Waals surface area (Å²) in [5.74, 6) is 0. The molecule has 0 aliphatic rings. The zero-order chi connectivity index (χ0) is 11.6. The summed E-state index contributed by atoms with van der Waals surface area (Å²) >= 11 is 0. The molecule has 0 spiro atoms. The summed E-state index contributed by atoms with van der Waals surface area (Å²) in [4.78, 5) is 8.33. The second kappa shape index (κ2) is 7.73. The van der Waals surface area contributed by atoms with E-state index in [-0.39, 0.29) is 0 Å². The Morgan fingerprint density at radius 1 is 0.812 bits per heavy atom. The molecule has 86 valence electrons. The molecule has 16 heavy (non-hydrogen) atoms. The van der Waals surface area contributed by atoms with Crippen LogP contribution >= 0.6 is 0 Å². The van der Waals surface area contributed by atoms with E-state index >= 15 is 0 Å². The second-order valence-corrected chi connectivity index (χ2v) is 3.31. The maximum absolute atomic E-state index is 5.34. The van der Waals surface area contributed by atoms with Gasteiger partial charge < -0.3 is 11.5 Å². The minimum atomic E-state index is 0.584. The van der Waals surface area contributed by atoms with Crippen LogP contribution in [-0.2, 0) is 0 Å². The molecule has 1 rings (SSSR count). The number of aliphatic imine (C=N–C) groups is 2. The van der Waals surface area contributed by atoms with Gasteiger partial charge in [-0.05, 0) is 11.1 Å². The van der Waals surface area contributed by atoms with Crippen molar-refractivity contribution in [3.63, 3.8) is 0 Å². The number of rotatable bonds is 6. The summed E-state index contributed by atoms with van der Waals surface area (Å²) in [6.07, 6.45) is 3.65. The molecule has 0 atom stereocenters. The van der Waals surface area contributed by atoms with E-state index in [0.29, 0.717) is 26.2 Å². The lowest BCUT2D eigenvalue weighted by atomic mass is 10.1. The summed E-state index contributed by atoms with van der Waals surface area (Å²) in [6.45, 7) is 2.50.